The summed E-state index contributed by atoms with van der Waals surface area (Å²) in [5.74, 6) is 1.04. The minimum Gasteiger partial charge on any atom is -0.494 e. The molecule has 0 radical (unpaired) electrons. The summed E-state index contributed by atoms with van der Waals surface area (Å²) in [7, 11) is 0. The molecule has 1 saturated heterocycles. The zero-order valence-electron chi connectivity index (χ0n) is 19.5. The molecule has 176 valence electrons. The highest BCUT2D eigenvalue weighted by molar-refractivity contribution is 5.94. The van der Waals surface area contributed by atoms with Crippen LogP contribution in [0.2, 0.25) is 0 Å². The number of rotatable bonds is 6. The van der Waals surface area contributed by atoms with Gasteiger partial charge in [-0.1, -0.05) is 31.4 Å². The number of piperidine rings is 1. The summed E-state index contributed by atoms with van der Waals surface area (Å²) in [6, 6.07) is 15.6. The van der Waals surface area contributed by atoms with Crippen LogP contribution in [-0.2, 0) is 0 Å². The minimum absolute atomic E-state index is 0.0182. The Morgan fingerprint density at radius 3 is 2.55 bits per heavy atom. The average molecular weight is 450 g/mol. The number of carbonyl (C=O) groups excluding carboxylic acids is 2. The molecule has 3 amide bonds. The van der Waals surface area contributed by atoms with Gasteiger partial charge in [-0.2, -0.15) is 0 Å². The second-order valence-corrected chi connectivity index (χ2v) is 9.11. The summed E-state index contributed by atoms with van der Waals surface area (Å²) in [5.41, 5.74) is 2.60. The van der Waals surface area contributed by atoms with Crippen molar-refractivity contribution in [3.8, 4) is 5.75 Å². The van der Waals surface area contributed by atoms with E-state index in [0.29, 0.717) is 24.8 Å². The lowest BCUT2D eigenvalue weighted by atomic mass is 9.89. The smallest absolute Gasteiger partial charge is 0.321 e. The van der Waals surface area contributed by atoms with Gasteiger partial charge in [-0.3, -0.25) is 4.79 Å². The summed E-state index contributed by atoms with van der Waals surface area (Å²) in [6.07, 6.45) is 7.77. The number of likely N-dealkylation sites (tertiary alicyclic amines) is 1. The first-order valence-electron chi connectivity index (χ1n) is 12.3. The zero-order valence-corrected chi connectivity index (χ0v) is 19.5. The Labute approximate surface area is 196 Å². The van der Waals surface area contributed by atoms with Crippen LogP contribution < -0.4 is 15.4 Å². The Bertz CT molecular complexity index is 938. The van der Waals surface area contributed by atoms with Crippen LogP contribution in [0.15, 0.2) is 48.5 Å². The van der Waals surface area contributed by atoms with Crippen LogP contribution in [0.5, 0.6) is 5.75 Å². The van der Waals surface area contributed by atoms with Gasteiger partial charge in [0.25, 0.3) is 5.91 Å². The quantitative estimate of drug-likeness (QED) is 0.607. The van der Waals surface area contributed by atoms with Crippen LogP contribution in [0.3, 0.4) is 0 Å². The molecule has 4 rings (SSSR count). The Morgan fingerprint density at radius 2 is 1.79 bits per heavy atom. The molecule has 2 N–H and O–H groups in total. The predicted molar refractivity (Wildman–Crippen MR) is 131 cm³/mol. The van der Waals surface area contributed by atoms with E-state index in [9.17, 15) is 9.59 Å². The van der Waals surface area contributed by atoms with Crippen molar-refractivity contribution in [2.45, 2.75) is 63.8 Å². The topological polar surface area (TPSA) is 70.7 Å². The molecule has 2 aromatic carbocycles. The summed E-state index contributed by atoms with van der Waals surface area (Å²) >= 11 is 0. The van der Waals surface area contributed by atoms with Crippen LogP contribution in [-0.4, -0.2) is 42.6 Å². The summed E-state index contributed by atoms with van der Waals surface area (Å²) in [6.45, 7) is 3.95. The van der Waals surface area contributed by atoms with E-state index in [1.54, 1.807) is 0 Å². The standard InChI is InChI=1S/C27H35N3O3/c1-2-33-25-15-13-24(14-16-25)29-27(32)30-17-7-10-22(19-30)20-8-6-9-21(18-20)26(31)28-23-11-4-3-5-12-23/h6,8-9,13-16,18,22-23H,2-5,7,10-12,17,19H2,1H3,(H,28,31)(H,29,32). The van der Waals surface area contributed by atoms with Gasteiger partial charge in [0.05, 0.1) is 6.61 Å². The van der Waals surface area contributed by atoms with E-state index in [0.717, 1.165) is 49.2 Å². The molecule has 0 bridgehead atoms. The number of ether oxygens (including phenoxy) is 1. The first-order valence-corrected chi connectivity index (χ1v) is 12.3. The van der Waals surface area contributed by atoms with E-state index < -0.39 is 0 Å². The van der Waals surface area contributed by atoms with Crippen molar-refractivity contribution < 1.29 is 14.3 Å². The number of amides is 3. The first kappa shape index (κ1) is 23.1. The third kappa shape index (κ3) is 6.28. The van der Waals surface area contributed by atoms with Gasteiger partial charge in [-0.25, -0.2) is 4.79 Å². The molecule has 0 spiro atoms. The Balaban J connectivity index is 1.36. The van der Waals surface area contributed by atoms with Gasteiger partial charge >= 0.3 is 6.03 Å². The van der Waals surface area contributed by atoms with Crippen LogP contribution >= 0.6 is 0 Å². The number of urea groups is 1. The Kier molecular flexibility index (Phi) is 7.87. The van der Waals surface area contributed by atoms with Crippen LogP contribution in [0, 0.1) is 0 Å². The third-order valence-electron chi connectivity index (χ3n) is 6.69. The number of hydrogen-bond acceptors (Lipinski definition) is 3. The largest absolute Gasteiger partial charge is 0.494 e. The minimum atomic E-state index is -0.0879. The van der Waals surface area contributed by atoms with Crippen molar-refractivity contribution in [2.24, 2.45) is 0 Å². The lowest BCUT2D eigenvalue weighted by Gasteiger charge is -2.33. The molecule has 6 nitrogen and oxygen atoms in total. The fraction of sp³-hybridized carbons (Fsp3) is 0.481. The maximum atomic E-state index is 12.9. The zero-order chi connectivity index (χ0) is 23.0. The second-order valence-electron chi connectivity index (χ2n) is 9.11. The molecule has 1 saturated carbocycles. The van der Waals surface area contributed by atoms with E-state index in [2.05, 4.69) is 16.7 Å². The number of benzene rings is 2. The average Bonchev–Trinajstić information content (AvgIpc) is 2.86. The maximum absolute atomic E-state index is 12.9. The lowest BCUT2D eigenvalue weighted by Crippen LogP contribution is -2.41. The van der Waals surface area contributed by atoms with E-state index in [-0.39, 0.29) is 17.9 Å². The molecule has 1 atom stereocenters. The molecular weight excluding hydrogens is 414 g/mol. The highest BCUT2D eigenvalue weighted by Gasteiger charge is 2.26. The van der Waals surface area contributed by atoms with E-state index in [1.807, 2.05) is 54.3 Å². The molecule has 6 heteroatoms. The maximum Gasteiger partial charge on any atom is 0.321 e. The van der Waals surface area contributed by atoms with Gasteiger partial charge in [-0.15, -0.1) is 0 Å². The molecule has 2 aliphatic rings. The van der Waals surface area contributed by atoms with Crippen molar-refractivity contribution in [3.63, 3.8) is 0 Å². The molecule has 1 aliphatic carbocycles. The first-order chi connectivity index (χ1) is 16.1. The highest BCUT2D eigenvalue weighted by Crippen LogP contribution is 2.28. The second kappa shape index (κ2) is 11.2. The monoisotopic (exact) mass is 449 g/mol. The lowest BCUT2D eigenvalue weighted by molar-refractivity contribution is 0.0927. The van der Waals surface area contributed by atoms with Crippen molar-refractivity contribution in [2.75, 3.05) is 25.0 Å². The van der Waals surface area contributed by atoms with Crippen molar-refractivity contribution in [1.29, 1.82) is 0 Å². The molecular formula is C27H35N3O3. The Hall–Kier alpha value is -3.02. The predicted octanol–water partition coefficient (Wildman–Crippen LogP) is 5.56. The van der Waals surface area contributed by atoms with E-state index in [1.165, 1.54) is 19.3 Å². The van der Waals surface area contributed by atoms with Gasteiger partial charge in [-0.05, 0) is 74.6 Å². The molecule has 1 unspecified atom stereocenters. The van der Waals surface area contributed by atoms with Gasteiger partial charge in [0.2, 0.25) is 0 Å². The van der Waals surface area contributed by atoms with Crippen molar-refractivity contribution in [1.82, 2.24) is 10.2 Å². The van der Waals surface area contributed by atoms with E-state index >= 15 is 0 Å². The Morgan fingerprint density at radius 1 is 1.00 bits per heavy atom. The summed E-state index contributed by atoms with van der Waals surface area (Å²) < 4.78 is 5.46. The van der Waals surface area contributed by atoms with Gasteiger partial charge in [0.15, 0.2) is 0 Å². The molecule has 1 heterocycles. The van der Waals surface area contributed by atoms with Gasteiger partial charge in [0.1, 0.15) is 5.75 Å². The molecule has 33 heavy (non-hydrogen) atoms. The van der Waals surface area contributed by atoms with Crippen molar-refractivity contribution in [3.05, 3.63) is 59.7 Å². The number of nitrogens with one attached hydrogen (secondary N) is 2. The fourth-order valence-corrected chi connectivity index (χ4v) is 4.89. The van der Waals surface area contributed by atoms with Crippen LogP contribution in [0.4, 0.5) is 10.5 Å². The fourth-order valence-electron chi connectivity index (χ4n) is 4.89. The van der Waals surface area contributed by atoms with Gasteiger partial charge < -0.3 is 20.3 Å². The molecule has 2 aromatic rings. The summed E-state index contributed by atoms with van der Waals surface area (Å²) in [5, 5.41) is 6.20. The summed E-state index contributed by atoms with van der Waals surface area (Å²) in [4.78, 5) is 27.5. The number of hydrogen-bond donors (Lipinski definition) is 2. The molecule has 0 aromatic heterocycles. The van der Waals surface area contributed by atoms with Crippen LogP contribution in [0.25, 0.3) is 0 Å². The number of carbonyl (C=O) groups is 2. The third-order valence-corrected chi connectivity index (χ3v) is 6.69. The normalized spacial score (nSPS) is 19.1. The highest BCUT2D eigenvalue weighted by atomic mass is 16.5. The van der Waals surface area contributed by atoms with Crippen molar-refractivity contribution >= 4 is 17.6 Å². The molecule has 2 fully saturated rings. The SMILES string of the molecule is CCOc1ccc(NC(=O)N2CCCC(c3cccc(C(=O)NC4CCCCC4)c3)C2)cc1. The van der Waals surface area contributed by atoms with Crippen LogP contribution in [0.1, 0.15) is 73.7 Å². The van der Waals surface area contributed by atoms with Gasteiger partial charge in [0, 0.05) is 36.3 Å². The number of nitrogens with zero attached hydrogens (tertiary/aromatic N) is 1. The number of anilines is 1. The van der Waals surface area contributed by atoms with E-state index in [4.69, 9.17) is 4.74 Å². The molecule has 1 aliphatic heterocycles.